The SMILES string of the molecule is CS(=O)(=O)c1ccc(C(=O)Nc2cc(Br)ccc2Br)c(F)c1. The number of carbonyl (C=O) groups excluding carboxylic acids is 1. The van der Waals surface area contributed by atoms with E-state index in [-0.39, 0.29) is 10.5 Å². The van der Waals surface area contributed by atoms with Crippen molar-refractivity contribution < 1.29 is 17.6 Å². The Kier molecular flexibility index (Phi) is 5.03. The van der Waals surface area contributed by atoms with Crippen LogP contribution in [0.25, 0.3) is 0 Å². The molecule has 0 atom stereocenters. The second-order valence-electron chi connectivity index (χ2n) is 4.49. The highest BCUT2D eigenvalue weighted by Crippen LogP contribution is 2.27. The van der Waals surface area contributed by atoms with Crippen LogP contribution in [0.2, 0.25) is 0 Å². The van der Waals surface area contributed by atoms with Crippen molar-refractivity contribution in [2.75, 3.05) is 11.6 Å². The number of sulfone groups is 1. The Morgan fingerprint density at radius 3 is 2.41 bits per heavy atom. The van der Waals surface area contributed by atoms with Crippen LogP contribution in [-0.4, -0.2) is 20.6 Å². The molecular weight excluding hydrogens is 441 g/mol. The van der Waals surface area contributed by atoms with Gasteiger partial charge in [-0.15, -0.1) is 0 Å². The van der Waals surface area contributed by atoms with Gasteiger partial charge in [0, 0.05) is 15.2 Å². The summed E-state index contributed by atoms with van der Waals surface area (Å²) in [6.07, 6.45) is 0.972. The largest absolute Gasteiger partial charge is 0.321 e. The lowest BCUT2D eigenvalue weighted by Gasteiger charge is -2.09. The van der Waals surface area contributed by atoms with Crippen molar-refractivity contribution in [3.63, 3.8) is 0 Å². The second-order valence-corrected chi connectivity index (χ2v) is 8.28. The van der Waals surface area contributed by atoms with Crippen molar-refractivity contribution in [3.8, 4) is 0 Å². The van der Waals surface area contributed by atoms with E-state index in [0.29, 0.717) is 10.2 Å². The van der Waals surface area contributed by atoms with Gasteiger partial charge in [-0.2, -0.15) is 0 Å². The minimum atomic E-state index is -3.52. The van der Waals surface area contributed by atoms with Gasteiger partial charge in [-0.1, -0.05) is 15.9 Å². The number of anilines is 1. The van der Waals surface area contributed by atoms with Gasteiger partial charge in [0.2, 0.25) is 0 Å². The Hall–Kier alpha value is -1.25. The lowest BCUT2D eigenvalue weighted by Crippen LogP contribution is -2.14. The molecule has 0 unspecified atom stereocenters. The fraction of sp³-hybridized carbons (Fsp3) is 0.0714. The number of hydrogen-bond donors (Lipinski definition) is 1. The van der Waals surface area contributed by atoms with Crippen molar-refractivity contribution in [3.05, 3.63) is 56.7 Å². The quantitative estimate of drug-likeness (QED) is 0.768. The zero-order valence-corrected chi connectivity index (χ0v) is 15.2. The molecule has 0 saturated carbocycles. The lowest BCUT2D eigenvalue weighted by molar-refractivity contribution is 0.102. The van der Waals surface area contributed by atoms with Crippen LogP contribution >= 0.6 is 31.9 Å². The number of amides is 1. The highest BCUT2D eigenvalue weighted by molar-refractivity contribution is 9.11. The minimum Gasteiger partial charge on any atom is -0.321 e. The Bertz CT molecular complexity index is 853. The molecule has 8 heteroatoms. The average molecular weight is 451 g/mol. The summed E-state index contributed by atoms with van der Waals surface area (Å²) >= 11 is 6.55. The van der Waals surface area contributed by atoms with Gasteiger partial charge in [-0.25, -0.2) is 12.8 Å². The normalized spacial score (nSPS) is 11.3. The molecule has 1 amide bonds. The van der Waals surface area contributed by atoms with Crippen LogP contribution in [-0.2, 0) is 9.84 Å². The Balaban J connectivity index is 2.32. The molecule has 0 heterocycles. The Morgan fingerprint density at radius 1 is 1.14 bits per heavy atom. The van der Waals surface area contributed by atoms with Gasteiger partial charge in [0.15, 0.2) is 9.84 Å². The number of hydrogen-bond acceptors (Lipinski definition) is 3. The second kappa shape index (κ2) is 6.47. The number of rotatable bonds is 3. The Labute approximate surface area is 143 Å². The molecule has 2 aromatic rings. The standard InChI is InChI=1S/C14H10Br2FNO3S/c1-22(20,21)9-3-4-10(12(17)7-9)14(19)18-13-6-8(15)2-5-11(13)16/h2-7H,1H3,(H,18,19). The third-order valence-corrected chi connectivity index (χ3v) is 5.08. The van der Waals surface area contributed by atoms with E-state index in [1.165, 1.54) is 6.07 Å². The fourth-order valence-corrected chi connectivity index (χ4v) is 3.03. The molecule has 0 radical (unpaired) electrons. The maximum Gasteiger partial charge on any atom is 0.258 e. The van der Waals surface area contributed by atoms with Crippen LogP contribution in [0, 0.1) is 5.82 Å². The smallest absolute Gasteiger partial charge is 0.258 e. The molecule has 0 bridgehead atoms. The van der Waals surface area contributed by atoms with Gasteiger partial charge in [0.05, 0.1) is 16.1 Å². The van der Waals surface area contributed by atoms with Gasteiger partial charge >= 0.3 is 0 Å². The van der Waals surface area contributed by atoms with Crippen LogP contribution in [0.15, 0.2) is 50.2 Å². The predicted octanol–water partition coefficient (Wildman–Crippen LogP) is 4.01. The summed E-state index contributed by atoms with van der Waals surface area (Å²) in [5.74, 6) is -1.57. The molecule has 22 heavy (non-hydrogen) atoms. The van der Waals surface area contributed by atoms with Gasteiger partial charge in [0.25, 0.3) is 5.91 Å². The summed E-state index contributed by atoms with van der Waals surface area (Å²) < 4.78 is 38.1. The third kappa shape index (κ3) is 3.93. The van der Waals surface area contributed by atoms with E-state index in [1.807, 2.05) is 0 Å². The molecule has 0 aliphatic heterocycles. The topological polar surface area (TPSA) is 63.2 Å². The maximum absolute atomic E-state index is 14.0. The van der Waals surface area contributed by atoms with Crippen molar-refractivity contribution in [1.29, 1.82) is 0 Å². The first-order valence-corrected chi connectivity index (χ1v) is 9.42. The molecule has 0 spiro atoms. The van der Waals surface area contributed by atoms with Crippen molar-refractivity contribution in [2.45, 2.75) is 4.90 Å². The van der Waals surface area contributed by atoms with Crippen LogP contribution in [0.3, 0.4) is 0 Å². The monoisotopic (exact) mass is 449 g/mol. The van der Waals surface area contributed by atoms with Crippen LogP contribution < -0.4 is 5.32 Å². The lowest BCUT2D eigenvalue weighted by atomic mass is 10.2. The number of carbonyl (C=O) groups is 1. The fourth-order valence-electron chi connectivity index (χ4n) is 1.69. The predicted molar refractivity (Wildman–Crippen MR) is 89.3 cm³/mol. The van der Waals surface area contributed by atoms with Gasteiger partial charge < -0.3 is 5.32 Å². The molecule has 0 aromatic heterocycles. The van der Waals surface area contributed by atoms with Gasteiger partial charge in [-0.3, -0.25) is 4.79 Å². The summed E-state index contributed by atoms with van der Waals surface area (Å²) in [7, 11) is -3.52. The number of benzene rings is 2. The molecule has 1 N–H and O–H groups in total. The van der Waals surface area contributed by atoms with E-state index < -0.39 is 21.6 Å². The van der Waals surface area contributed by atoms with E-state index in [9.17, 15) is 17.6 Å². The van der Waals surface area contributed by atoms with Crippen molar-refractivity contribution in [1.82, 2.24) is 0 Å². The minimum absolute atomic E-state index is 0.176. The molecule has 4 nitrogen and oxygen atoms in total. The highest BCUT2D eigenvalue weighted by Gasteiger charge is 2.16. The molecule has 2 rings (SSSR count). The Morgan fingerprint density at radius 2 is 1.82 bits per heavy atom. The maximum atomic E-state index is 14.0. The molecule has 0 saturated heterocycles. The summed E-state index contributed by atoms with van der Waals surface area (Å²) in [6.45, 7) is 0. The van der Waals surface area contributed by atoms with Crippen LogP contribution in [0.5, 0.6) is 0 Å². The summed E-state index contributed by atoms with van der Waals surface area (Å²) in [6, 6.07) is 8.34. The average Bonchev–Trinajstić information content (AvgIpc) is 2.41. The molecular formula is C14H10Br2FNO3S. The van der Waals surface area contributed by atoms with Crippen molar-refractivity contribution in [2.24, 2.45) is 0 Å². The van der Waals surface area contributed by atoms with E-state index in [4.69, 9.17) is 0 Å². The summed E-state index contributed by atoms with van der Waals surface area (Å²) in [5.41, 5.74) is 0.227. The van der Waals surface area contributed by atoms with E-state index in [0.717, 1.165) is 22.9 Å². The van der Waals surface area contributed by atoms with Crippen molar-refractivity contribution >= 4 is 53.3 Å². The first kappa shape index (κ1) is 17.1. The molecule has 0 aliphatic carbocycles. The molecule has 0 fully saturated rings. The first-order chi connectivity index (χ1) is 10.2. The van der Waals surface area contributed by atoms with E-state index in [1.54, 1.807) is 18.2 Å². The third-order valence-electron chi connectivity index (χ3n) is 2.79. The zero-order valence-electron chi connectivity index (χ0n) is 11.2. The van der Waals surface area contributed by atoms with Gasteiger partial charge in [0.1, 0.15) is 5.82 Å². The summed E-state index contributed by atoms with van der Waals surface area (Å²) in [4.78, 5) is 11.9. The highest BCUT2D eigenvalue weighted by atomic mass is 79.9. The van der Waals surface area contributed by atoms with Gasteiger partial charge in [-0.05, 0) is 52.3 Å². The van der Waals surface area contributed by atoms with E-state index >= 15 is 0 Å². The zero-order chi connectivity index (χ0) is 16.5. The molecule has 116 valence electrons. The number of halogens is 3. The molecule has 2 aromatic carbocycles. The van der Waals surface area contributed by atoms with Crippen LogP contribution in [0.1, 0.15) is 10.4 Å². The summed E-state index contributed by atoms with van der Waals surface area (Å²) in [5, 5.41) is 2.56. The molecule has 0 aliphatic rings. The van der Waals surface area contributed by atoms with Crippen LogP contribution in [0.4, 0.5) is 10.1 Å². The number of nitrogens with one attached hydrogen (secondary N) is 1. The first-order valence-electron chi connectivity index (χ1n) is 5.94. The van der Waals surface area contributed by atoms with E-state index in [2.05, 4.69) is 37.2 Å².